The summed E-state index contributed by atoms with van der Waals surface area (Å²) < 4.78 is 0. The van der Waals surface area contributed by atoms with Gasteiger partial charge >= 0.3 is 5.97 Å². The summed E-state index contributed by atoms with van der Waals surface area (Å²) >= 11 is 1.51. The lowest BCUT2D eigenvalue weighted by molar-refractivity contribution is -0.150. The lowest BCUT2D eigenvalue weighted by Gasteiger charge is -2.29. The Balaban J connectivity index is 2.13. The topological polar surface area (TPSA) is 86.7 Å². The summed E-state index contributed by atoms with van der Waals surface area (Å²) in [5, 5.41) is 11.8. The van der Waals surface area contributed by atoms with Crippen molar-refractivity contribution in [2.45, 2.75) is 50.1 Å². The molecule has 2 heterocycles. The number of thioether (sulfide) groups is 1. The van der Waals surface area contributed by atoms with Crippen molar-refractivity contribution in [3.05, 3.63) is 0 Å². The van der Waals surface area contributed by atoms with E-state index < -0.39 is 18.1 Å². The Morgan fingerprint density at radius 2 is 2.26 bits per heavy atom. The Kier molecular flexibility index (Phi) is 4.34. The molecule has 0 aromatic heterocycles. The molecule has 0 spiro atoms. The first-order valence-electron chi connectivity index (χ1n) is 6.50. The van der Waals surface area contributed by atoms with E-state index in [1.54, 1.807) is 0 Å². The maximum Gasteiger partial charge on any atom is 0.327 e. The average molecular weight is 286 g/mol. The van der Waals surface area contributed by atoms with Crippen molar-refractivity contribution >= 4 is 29.5 Å². The Hall–Kier alpha value is -1.24. The molecule has 6 nitrogen and oxygen atoms in total. The van der Waals surface area contributed by atoms with Gasteiger partial charge in [-0.1, -0.05) is 13.3 Å². The van der Waals surface area contributed by atoms with Crippen molar-refractivity contribution < 1.29 is 19.5 Å². The van der Waals surface area contributed by atoms with Crippen LogP contribution in [0.4, 0.5) is 0 Å². The second-order valence-corrected chi connectivity index (χ2v) is 6.05. The monoisotopic (exact) mass is 286 g/mol. The van der Waals surface area contributed by atoms with Gasteiger partial charge in [0.25, 0.3) is 0 Å². The highest BCUT2D eigenvalue weighted by molar-refractivity contribution is 8.00. The molecule has 3 unspecified atom stereocenters. The van der Waals surface area contributed by atoms with E-state index in [1.807, 2.05) is 6.92 Å². The quantitative estimate of drug-likeness (QED) is 0.782. The summed E-state index contributed by atoms with van der Waals surface area (Å²) in [6.07, 6.45) is 2.48. The first-order valence-corrected chi connectivity index (χ1v) is 7.55. The molecule has 2 aliphatic heterocycles. The van der Waals surface area contributed by atoms with Crippen LogP contribution in [0.15, 0.2) is 0 Å². The molecule has 0 aromatic rings. The number of hydrogen-bond acceptors (Lipinski definition) is 4. The van der Waals surface area contributed by atoms with Gasteiger partial charge in [-0.2, -0.15) is 0 Å². The lowest BCUT2D eigenvalue weighted by atomic mass is 10.1. The molecule has 2 aliphatic rings. The number of carboxylic acids is 1. The number of hydrogen-bond donors (Lipinski definition) is 2. The first kappa shape index (κ1) is 14.2. The van der Waals surface area contributed by atoms with Gasteiger partial charge in [-0.15, -0.1) is 11.8 Å². The van der Waals surface area contributed by atoms with Gasteiger partial charge in [0.15, 0.2) is 0 Å². The van der Waals surface area contributed by atoms with Crippen LogP contribution in [0.2, 0.25) is 0 Å². The van der Waals surface area contributed by atoms with Gasteiger partial charge in [0.05, 0.1) is 5.37 Å². The van der Waals surface area contributed by atoms with E-state index >= 15 is 0 Å². The van der Waals surface area contributed by atoms with Crippen molar-refractivity contribution in [2.24, 2.45) is 0 Å². The normalized spacial score (nSPS) is 30.5. The molecule has 2 rings (SSSR count). The number of rotatable bonds is 4. The molecule has 19 heavy (non-hydrogen) atoms. The fraction of sp³-hybridized carbons (Fsp3) is 0.750. The number of nitrogens with one attached hydrogen (secondary N) is 1. The summed E-state index contributed by atoms with van der Waals surface area (Å²) in [4.78, 5) is 36.3. The molecule has 0 radical (unpaired) electrons. The highest BCUT2D eigenvalue weighted by atomic mass is 32.2. The number of carbonyl (C=O) groups excluding carboxylic acids is 2. The van der Waals surface area contributed by atoms with Gasteiger partial charge in [0, 0.05) is 12.2 Å². The standard InChI is InChI=1S/C12H18N2O4S/c1-2-3-10-14(8(6-19-10)12(17)18)11(16)7-4-5-9(15)13-7/h7-8,10H,2-6H2,1H3,(H,13,15)(H,17,18). The van der Waals surface area contributed by atoms with E-state index in [1.165, 1.54) is 16.7 Å². The summed E-state index contributed by atoms with van der Waals surface area (Å²) in [5.41, 5.74) is 0. The van der Waals surface area contributed by atoms with Crippen molar-refractivity contribution in [2.75, 3.05) is 5.75 Å². The van der Waals surface area contributed by atoms with E-state index in [0.29, 0.717) is 18.6 Å². The smallest absolute Gasteiger partial charge is 0.327 e. The van der Waals surface area contributed by atoms with E-state index in [2.05, 4.69) is 5.32 Å². The zero-order chi connectivity index (χ0) is 14.0. The van der Waals surface area contributed by atoms with Crippen LogP contribution in [0.3, 0.4) is 0 Å². The minimum absolute atomic E-state index is 0.0869. The predicted octanol–water partition coefficient (Wildman–Crippen LogP) is 0.420. The molecule has 106 valence electrons. The maximum atomic E-state index is 12.4. The minimum atomic E-state index is -0.969. The van der Waals surface area contributed by atoms with Crippen LogP contribution in [0.25, 0.3) is 0 Å². The van der Waals surface area contributed by atoms with Gasteiger partial charge in [-0.3, -0.25) is 9.59 Å². The fourth-order valence-corrected chi connectivity index (χ4v) is 4.02. The highest BCUT2D eigenvalue weighted by Gasteiger charge is 2.44. The zero-order valence-electron chi connectivity index (χ0n) is 10.8. The second kappa shape index (κ2) is 5.81. The first-order chi connectivity index (χ1) is 9.04. The molecule has 2 N–H and O–H groups in total. The molecule has 2 amide bonds. The third-order valence-corrected chi connectivity index (χ3v) is 4.82. The van der Waals surface area contributed by atoms with E-state index in [-0.39, 0.29) is 17.2 Å². The third kappa shape index (κ3) is 2.86. The van der Waals surface area contributed by atoms with Crippen LogP contribution in [0, 0.1) is 0 Å². The molecular formula is C12H18N2O4S. The summed E-state index contributed by atoms with van der Waals surface area (Å²) in [7, 11) is 0. The Labute approximate surface area is 115 Å². The Morgan fingerprint density at radius 1 is 1.53 bits per heavy atom. The summed E-state index contributed by atoms with van der Waals surface area (Å²) in [6, 6.07) is -1.32. The number of amides is 2. The molecule has 0 bridgehead atoms. The fourth-order valence-electron chi connectivity index (χ4n) is 2.50. The molecule has 0 aromatic carbocycles. The van der Waals surface area contributed by atoms with Gasteiger partial charge in [0.1, 0.15) is 12.1 Å². The molecule has 7 heteroatoms. The SMILES string of the molecule is CCCC1SCC(C(=O)O)N1C(=O)C1CCC(=O)N1. The zero-order valence-corrected chi connectivity index (χ0v) is 11.6. The maximum absolute atomic E-state index is 12.4. The lowest BCUT2D eigenvalue weighted by Crippen LogP contribution is -2.52. The van der Waals surface area contributed by atoms with Crippen LogP contribution < -0.4 is 5.32 Å². The van der Waals surface area contributed by atoms with E-state index in [9.17, 15) is 19.5 Å². The van der Waals surface area contributed by atoms with Gasteiger partial charge in [-0.05, 0) is 12.8 Å². The van der Waals surface area contributed by atoms with Crippen LogP contribution in [-0.4, -0.2) is 51.0 Å². The van der Waals surface area contributed by atoms with Gasteiger partial charge in [0.2, 0.25) is 11.8 Å². The van der Waals surface area contributed by atoms with Crippen molar-refractivity contribution in [3.63, 3.8) is 0 Å². The molecule has 3 atom stereocenters. The molecule has 2 fully saturated rings. The van der Waals surface area contributed by atoms with Crippen LogP contribution in [0.1, 0.15) is 32.6 Å². The number of carboxylic acid groups (broad SMARTS) is 1. The number of aliphatic carboxylic acids is 1. The highest BCUT2D eigenvalue weighted by Crippen LogP contribution is 2.33. The number of nitrogens with zero attached hydrogens (tertiary/aromatic N) is 1. The van der Waals surface area contributed by atoms with Crippen LogP contribution >= 0.6 is 11.8 Å². The molecular weight excluding hydrogens is 268 g/mol. The average Bonchev–Trinajstić information content (AvgIpc) is 2.95. The third-order valence-electron chi connectivity index (χ3n) is 3.46. The number of carbonyl (C=O) groups is 3. The van der Waals surface area contributed by atoms with E-state index in [0.717, 1.165) is 12.8 Å². The second-order valence-electron chi connectivity index (χ2n) is 4.83. The minimum Gasteiger partial charge on any atom is -0.480 e. The van der Waals surface area contributed by atoms with Gasteiger partial charge < -0.3 is 15.3 Å². The van der Waals surface area contributed by atoms with Crippen molar-refractivity contribution in [1.29, 1.82) is 0 Å². The summed E-state index contributed by atoms with van der Waals surface area (Å²) in [6.45, 7) is 2.01. The molecule has 0 saturated carbocycles. The van der Waals surface area contributed by atoms with E-state index in [4.69, 9.17) is 0 Å². The van der Waals surface area contributed by atoms with Crippen LogP contribution in [-0.2, 0) is 14.4 Å². The molecule has 2 saturated heterocycles. The predicted molar refractivity (Wildman–Crippen MR) is 70.6 cm³/mol. The van der Waals surface area contributed by atoms with Gasteiger partial charge in [-0.25, -0.2) is 4.79 Å². The van der Waals surface area contributed by atoms with Crippen molar-refractivity contribution in [3.8, 4) is 0 Å². The van der Waals surface area contributed by atoms with Crippen molar-refractivity contribution in [1.82, 2.24) is 10.2 Å². The summed E-state index contributed by atoms with van der Waals surface area (Å²) in [5.74, 6) is -0.929. The molecule has 0 aliphatic carbocycles. The Morgan fingerprint density at radius 3 is 2.79 bits per heavy atom. The van der Waals surface area contributed by atoms with Crippen LogP contribution in [0.5, 0.6) is 0 Å². The Bertz CT molecular complexity index is 401. The largest absolute Gasteiger partial charge is 0.480 e.